The van der Waals surface area contributed by atoms with Crippen molar-refractivity contribution >= 4 is 0 Å². The second-order valence-corrected chi connectivity index (χ2v) is 4.29. The van der Waals surface area contributed by atoms with Crippen LogP contribution in [0.5, 0.6) is 0 Å². The summed E-state index contributed by atoms with van der Waals surface area (Å²) in [6, 6.07) is 4.51. The fraction of sp³-hybridized carbons (Fsp3) is 0.429. The number of aryl methyl sites for hydroxylation is 1. The lowest BCUT2D eigenvalue weighted by Crippen LogP contribution is -2.18. The van der Waals surface area contributed by atoms with Crippen molar-refractivity contribution in [2.45, 2.75) is 33.2 Å². The third-order valence-electron chi connectivity index (χ3n) is 3.06. The Balaban J connectivity index is 2.32. The van der Waals surface area contributed by atoms with Crippen LogP contribution in [0.3, 0.4) is 0 Å². The van der Waals surface area contributed by atoms with Crippen LogP contribution in [0.15, 0.2) is 30.7 Å². The molecule has 2 aromatic rings. The van der Waals surface area contributed by atoms with E-state index in [-0.39, 0.29) is 0 Å². The first-order valence-electron chi connectivity index (χ1n) is 6.48. The van der Waals surface area contributed by atoms with E-state index in [9.17, 15) is 0 Å². The summed E-state index contributed by atoms with van der Waals surface area (Å²) in [6.07, 6.45) is 6.55. The first-order chi connectivity index (χ1) is 8.76. The average Bonchev–Trinajstić information content (AvgIpc) is 2.87. The minimum atomic E-state index is 0.338. The Kier molecular flexibility index (Phi) is 4.10. The fourth-order valence-corrected chi connectivity index (χ4v) is 2.06. The highest BCUT2D eigenvalue weighted by Gasteiger charge is 2.08. The van der Waals surface area contributed by atoms with Gasteiger partial charge in [0.25, 0.3) is 0 Å². The molecule has 0 amide bonds. The molecule has 1 atom stereocenters. The zero-order valence-corrected chi connectivity index (χ0v) is 11.2. The molecule has 0 fully saturated rings. The molecule has 1 N–H and O–H groups in total. The average molecular weight is 244 g/mol. The lowest BCUT2D eigenvalue weighted by atomic mass is 10.1. The van der Waals surface area contributed by atoms with Gasteiger partial charge in [0.2, 0.25) is 0 Å². The van der Waals surface area contributed by atoms with Crippen molar-refractivity contribution in [1.82, 2.24) is 19.9 Å². The van der Waals surface area contributed by atoms with Crippen molar-refractivity contribution in [3.8, 4) is 5.82 Å². The van der Waals surface area contributed by atoms with E-state index in [2.05, 4.69) is 48.2 Å². The summed E-state index contributed by atoms with van der Waals surface area (Å²) in [4.78, 5) is 8.76. The summed E-state index contributed by atoms with van der Waals surface area (Å²) >= 11 is 0. The highest BCUT2D eigenvalue weighted by atomic mass is 15.1. The van der Waals surface area contributed by atoms with E-state index in [0.29, 0.717) is 6.04 Å². The Morgan fingerprint density at radius 1 is 1.28 bits per heavy atom. The molecule has 1 unspecified atom stereocenters. The van der Waals surface area contributed by atoms with E-state index >= 15 is 0 Å². The third-order valence-corrected chi connectivity index (χ3v) is 3.06. The molecule has 0 aromatic carbocycles. The van der Waals surface area contributed by atoms with Gasteiger partial charge in [0, 0.05) is 31.1 Å². The number of nitrogens with one attached hydrogen (secondary N) is 1. The molecule has 2 aromatic heterocycles. The van der Waals surface area contributed by atoms with E-state index in [1.807, 2.05) is 23.2 Å². The van der Waals surface area contributed by atoms with Crippen molar-refractivity contribution in [2.24, 2.45) is 0 Å². The van der Waals surface area contributed by atoms with Gasteiger partial charge in [-0.15, -0.1) is 0 Å². The lowest BCUT2D eigenvalue weighted by Gasteiger charge is -2.14. The maximum Gasteiger partial charge on any atom is 0.138 e. The van der Waals surface area contributed by atoms with E-state index in [1.54, 1.807) is 0 Å². The van der Waals surface area contributed by atoms with Gasteiger partial charge in [-0.3, -0.25) is 4.57 Å². The van der Waals surface area contributed by atoms with Gasteiger partial charge in [-0.05, 0) is 31.2 Å². The minimum Gasteiger partial charge on any atom is -0.310 e. The molecule has 2 heterocycles. The Morgan fingerprint density at radius 2 is 2.11 bits per heavy atom. The van der Waals surface area contributed by atoms with Crippen LogP contribution in [0.4, 0.5) is 0 Å². The predicted octanol–water partition coefficient (Wildman–Crippen LogP) is 2.50. The maximum atomic E-state index is 4.43. The predicted molar refractivity (Wildman–Crippen MR) is 72.8 cm³/mol. The largest absolute Gasteiger partial charge is 0.310 e. The Bertz CT molecular complexity index is 504. The maximum absolute atomic E-state index is 4.43. The molecular formula is C14H20N4. The number of pyridine rings is 1. The molecule has 4 heteroatoms. The van der Waals surface area contributed by atoms with Crippen LogP contribution >= 0.6 is 0 Å². The van der Waals surface area contributed by atoms with Crippen molar-refractivity contribution in [1.29, 1.82) is 0 Å². The van der Waals surface area contributed by atoms with E-state index in [1.165, 1.54) is 5.56 Å². The molecule has 0 saturated carbocycles. The zero-order chi connectivity index (χ0) is 13.0. The number of imidazole rings is 1. The van der Waals surface area contributed by atoms with Crippen LogP contribution in [0.25, 0.3) is 5.82 Å². The second-order valence-electron chi connectivity index (χ2n) is 4.29. The van der Waals surface area contributed by atoms with Crippen LogP contribution < -0.4 is 5.32 Å². The second kappa shape index (κ2) is 5.78. The summed E-state index contributed by atoms with van der Waals surface area (Å²) < 4.78 is 2.04. The van der Waals surface area contributed by atoms with Crippen LogP contribution in [-0.2, 0) is 6.42 Å². The monoisotopic (exact) mass is 244 g/mol. The number of rotatable bonds is 5. The lowest BCUT2D eigenvalue weighted by molar-refractivity contribution is 0.597. The highest BCUT2D eigenvalue weighted by Crippen LogP contribution is 2.16. The number of nitrogens with zero attached hydrogens (tertiary/aromatic N) is 3. The van der Waals surface area contributed by atoms with Crippen LogP contribution in [0, 0.1) is 0 Å². The molecule has 0 radical (unpaired) electrons. The van der Waals surface area contributed by atoms with Gasteiger partial charge in [0.05, 0.1) is 0 Å². The molecule has 0 aliphatic carbocycles. The molecular weight excluding hydrogens is 224 g/mol. The van der Waals surface area contributed by atoms with Crippen molar-refractivity contribution in [2.75, 3.05) is 6.54 Å². The topological polar surface area (TPSA) is 42.7 Å². The van der Waals surface area contributed by atoms with Gasteiger partial charge in [-0.1, -0.05) is 13.8 Å². The molecule has 0 aliphatic heterocycles. The molecule has 4 nitrogen and oxygen atoms in total. The normalized spacial score (nSPS) is 12.6. The van der Waals surface area contributed by atoms with Gasteiger partial charge in [-0.2, -0.15) is 0 Å². The van der Waals surface area contributed by atoms with Crippen molar-refractivity contribution in [3.05, 3.63) is 42.1 Å². The molecule has 0 spiro atoms. The smallest absolute Gasteiger partial charge is 0.138 e. The summed E-state index contributed by atoms with van der Waals surface area (Å²) in [5, 5.41) is 3.41. The summed E-state index contributed by atoms with van der Waals surface area (Å²) in [5.74, 6) is 1.97. The van der Waals surface area contributed by atoms with Gasteiger partial charge in [0.1, 0.15) is 11.6 Å². The van der Waals surface area contributed by atoms with Gasteiger partial charge in [0.15, 0.2) is 0 Å². The quantitative estimate of drug-likeness (QED) is 0.878. The van der Waals surface area contributed by atoms with Crippen LogP contribution in [-0.4, -0.2) is 21.1 Å². The summed E-state index contributed by atoms with van der Waals surface area (Å²) in [7, 11) is 0. The van der Waals surface area contributed by atoms with Gasteiger partial charge < -0.3 is 5.32 Å². The third kappa shape index (κ3) is 2.59. The van der Waals surface area contributed by atoms with E-state index < -0.39 is 0 Å². The Labute approximate surface area is 108 Å². The first-order valence-corrected chi connectivity index (χ1v) is 6.48. The molecule has 18 heavy (non-hydrogen) atoms. The molecule has 96 valence electrons. The van der Waals surface area contributed by atoms with Gasteiger partial charge >= 0.3 is 0 Å². The van der Waals surface area contributed by atoms with E-state index in [4.69, 9.17) is 0 Å². The molecule has 0 saturated heterocycles. The highest BCUT2D eigenvalue weighted by molar-refractivity contribution is 5.31. The van der Waals surface area contributed by atoms with Gasteiger partial charge in [-0.25, -0.2) is 9.97 Å². The number of hydrogen-bond acceptors (Lipinski definition) is 3. The minimum absolute atomic E-state index is 0.338. The SMILES string of the molecule is CCNC(C)c1ccnc(-n2ccnc2CC)c1. The number of hydrogen-bond donors (Lipinski definition) is 1. The molecule has 0 aliphatic rings. The molecule has 0 bridgehead atoms. The Morgan fingerprint density at radius 3 is 2.83 bits per heavy atom. The van der Waals surface area contributed by atoms with Crippen molar-refractivity contribution < 1.29 is 0 Å². The summed E-state index contributed by atoms with van der Waals surface area (Å²) in [6.45, 7) is 7.34. The zero-order valence-electron chi connectivity index (χ0n) is 11.2. The van der Waals surface area contributed by atoms with E-state index in [0.717, 1.165) is 24.6 Å². The molecule has 2 rings (SSSR count). The number of aromatic nitrogens is 3. The van der Waals surface area contributed by atoms with Crippen LogP contribution in [0.1, 0.15) is 38.2 Å². The Hall–Kier alpha value is -1.68. The first kappa shape index (κ1) is 12.8. The van der Waals surface area contributed by atoms with Crippen LogP contribution in [0.2, 0.25) is 0 Å². The van der Waals surface area contributed by atoms with Crippen molar-refractivity contribution in [3.63, 3.8) is 0 Å². The standard InChI is InChI=1S/C14H20N4/c1-4-13-17-8-9-18(13)14-10-12(6-7-16-14)11(3)15-5-2/h6-11,15H,4-5H2,1-3H3. The summed E-state index contributed by atoms with van der Waals surface area (Å²) in [5.41, 5.74) is 1.25. The fourth-order valence-electron chi connectivity index (χ4n) is 2.06.